The van der Waals surface area contributed by atoms with Crippen LogP contribution < -0.4 is 10.7 Å². The van der Waals surface area contributed by atoms with Crippen molar-refractivity contribution in [2.45, 2.75) is 20.1 Å². The van der Waals surface area contributed by atoms with E-state index < -0.39 is 0 Å². The third kappa shape index (κ3) is 3.55. The molecule has 0 saturated heterocycles. The van der Waals surface area contributed by atoms with E-state index >= 15 is 0 Å². The van der Waals surface area contributed by atoms with Gasteiger partial charge < -0.3 is 14.8 Å². The number of anilines is 1. The van der Waals surface area contributed by atoms with Crippen LogP contribution in [0.1, 0.15) is 17.1 Å². The summed E-state index contributed by atoms with van der Waals surface area (Å²) in [6, 6.07) is 19.6. The van der Waals surface area contributed by atoms with E-state index in [0.717, 1.165) is 11.3 Å². The van der Waals surface area contributed by atoms with E-state index in [1.807, 2.05) is 42.5 Å². The first-order valence-corrected chi connectivity index (χ1v) is 7.80. The molecule has 0 radical (unpaired) electrons. The third-order valence-corrected chi connectivity index (χ3v) is 3.94. The average molecular weight is 321 g/mol. The van der Waals surface area contributed by atoms with Gasteiger partial charge in [0.1, 0.15) is 18.1 Å². The Kier molecular flexibility index (Phi) is 4.77. The van der Waals surface area contributed by atoms with Crippen LogP contribution in [0.3, 0.4) is 0 Å². The van der Waals surface area contributed by atoms with Crippen molar-refractivity contribution in [2.75, 3.05) is 5.32 Å². The number of aliphatic hydroxyl groups is 1. The first-order chi connectivity index (χ1) is 11.7. The summed E-state index contributed by atoms with van der Waals surface area (Å²) in [5, 5.41) is 12.4. The fraction of sp³-hybridized carbons (Fsp3) is 0.150. The zero-order chi connectivity index (χ0) is 16.9. The first kappa shape index (κ1) is 16.0. The molecular weight excluding hydrogens is 302 g/mol. The maximum Gasteiger partial charge on any atom is 0.188 e. The van der Waals surface area contributed by atoms with Crippen molar-refractivity contribution in [3.05, 3.63) is 88.0 Å². The van der Waals surface area contributed by atoms with Gasteiger partial charge in [-0.25, -0.2) is 0 Å². The molecule has 0 aliphatic heterocycles. The zero-order valence-electron chi connectivity index (χ0n) is 13.5. The molecule has 0 saturated carbocycles. The van der Waals surface area contributed by atoms with Crippen LogP contribution in [0.5, 0.6) is 0 Å². The summed E-state index contributed by atoms with van der Waals surface area (Å²) in [5.74, 6) is 0.820. The molecule has 4 nitrogen and oxygen atoms in total. The van der Waals surface area contributed by atoms with Crippen LogP contribution >= 0.6 is 0 Å². The van der Waals surface area contributed by atoms with E-state index in [0.29, 0.717) is 17.9 Å². The van der Waals surface area contributed by atoms with Crippen molar-refractivity contribution in [1.82, 2.24) is 0 Å². The maximum atomic E-state index is 11.8. The minimum Gasteiger partial charge on any atom is -0.461 e. The lowest BCUT2D eigenvalue weighted by atomic mass is 10.1. The molecule has 1 heterocycles. The fourth-order valence-corrected chi connectivity index (χ4v) is 2.50. The molecule has 0 fully saturated rings. The summed E-state index contributed by atoms with van der Waals surface area (Å²) in [6.45, 7) is 1.83. The second-order valence-electron chi connectivity index (χ2n) is 5.58. The van der Waals surface area contributed by atoms with Crippen LogP contribution in [-0.4, -0.2) is 5.11 Å². The number of hydrogen-bond acceptors (Lipinski definition) is 4. The van der Waals surface area contributed by atoms with E-state index in [-0.39, 0.29) is 17.8 Å². The monoisotopic (exact) mass is 321 g/mol. The van der Waals surface area contributed by atoms with Crippen LogP contribution in [0.15, 0.2) is 69.9 Å². The molecule has 0 unspecified atom stereocenters. The minimum absolute atomic E-state index is 0.124. The molecule has 0 bridgehead atoms. The molecule has 122 valence electrons. The Morgan fingerprint density at radius 1 is 1.00 bits per heavy atom. The first-order valence-electron chi connectivity index (χ1n) is 7.80. The predicted molar refractivity (Wildman–Crippen MR) is 94.8 cm³/mol. The number of benzene rings is 2. The maximum absolute atomic E-state index is 11.8. The normalized spacial score (nSPS) is 10.6. The Morgan fingerprint density at radius 2 is 1.67 bits per heavy atom. The van der Waals surface area contributed by atoms with E-state index in [1.54, 1.807) is 6.92 Å². The van der Waals surface area contributed by atoms with Gasteiger partial charge in [-0.1, -0.05) is 42.5 Å². The SMILES string of the molecule is Cc1c(CNc2ccc(-c3ccccc3)cc2)oc(CO)cc1=O. The van der Waals surface area contributed by atoms with Gasteiger partial charge in [-0.15, -0.1) is 0 Å². The number of hydrogen-bond donors (Lipinski definition) is 2. The molecule has 1 aromatic heterocycles. The molecule has 0 aliphatic rings. The summed E-state index contributed by atoms with van der Waals surface area (Å²) in [7, 11) is 0. The van der Waals surface area contributed by atoms with Crippen molar-refractivity contribution < 1.29 is 9.52 Å². The van der Waals surface area contributed by atoms with Crippen LogP contribution in [-0.2, 0) is 13.2 Å². The van der Waals surface area contributed by atoms with Gasteiger partial charge >= 0.3 is 0 Å². The highest BCUT2D eigenvalue weighted by Gasteiger charge is 2.08. The van der Waals surface area contributed by atoms with Gasteiger partial charge in [-0.2, -0.15) is 0 Å². The van der Waals surface area contributed by atoms with Gasteiger partial charge in [0.05, 0.1) is 6.54 Å². The van der Waals surface area contributed by atoms with Gasteiger partial charge in [0.15, 0.2) is 5.43 Å². The summed E-state index contributed by atoms with van der Waals surface area (Å²) >= 11 is 0. The number of aliphatic hydroxyl groups excluding tert-OH is 1. The third-order valence-electron chi connectivity index (χ3n) is 3.94. The molecule has 0 aliphatic carbocycles. The topological polar surface area (TPSA) is 62.5 Å². The zero-order valence-corrected chi connectivity index (χ0v) is 13.5. The van der Waals surface area contributed by atoms with E-state index in [1.165, 1.54) is 11.6 Å². The van der Waals surface area contributed by atoms with E-state index in [2.05, 4.69) is 17.4 Å². The smallest absolute Gasteiger partial charge is 0.188 e. The van der Waals surface area contributed by atoms with Crippen molar-refractivity contribution in [3.63, 3.8) is 0 Å². The highest BCUT2D eigenvalue weighted by Crippen LogP contribution is 2.21. The molecule has 24 heavy (non-hydrogen) atoms. The van der Waals surface area contributed by atoms with Crippen molar-refractivity contribution in [1.29, 1.82) is 0 Å². The Balaban J connectivity index is 1.74. The average Bonchev–Trinajstić information content (AvgIpc) is 2.64. The highest BCUT2D eigenvalue weighted by atomic mass is 16.4. The highest BCUT2D eigenvalue weighted by molar-refractivity contribution is 5.65. The number of nitrogens with one attached hydrogen (secondary N) is 1. The van der Waals surface area contributed by atoms with Crippen molar-refractivity contribution >= 4 is 5.69 Å². The second-order valence-corrected chi connectivity index (χ2v) is 5.58. The Bertz CT molecular complexity index is 868. The summed E-state index contributed by atoms with van der Waals surface area (Å²) in [4.78, 5) is 11.8. The van der Waals surface area contributed by atoms with Gasteiger partial charge in [0, 0.05) is 17.3 Å². The lowest BCUT2D eigenvalue weighted by molar-refractivity contribution is 0.239. The van der Waals surface area contributed by atoms with Crippen molar-refractivity contribution in [2.24, 2.45) is 0 Å². The summed E-state index contributed by atoms with van der Waals surface area (Å²) < 4.78 is 5.54. The molecule has 0 atom stereocenters. The molecule has 3 rings (SSSR count). The lowest BCUT2D eigenvalue weighted by Crippen LogP contribution is -2.12. The predicted octanol–water partition coefficient (Wildman–Crippen LogP) is 3.72. The minimum atomic E-state index is -0.283. The molecule has 0 spiro atoms. The molecule has 0 amide bonds. The molecule has 2 N–H and O–H groups in total. The summed E-state index contributed by atoms with van der Waals surface area (Å²) in [6.07, 6.45) is 0. The van der Waals surface area contributed by atoms with E-state index in [4.69, 9.17) is 9.52 Å². The van der Waals surface area contributed by atoms with Crippen molar-refractivity contribution in [3.8, 4) is 11.1 Å². The van der Waals surface area contributed by atoms with Crippen LogP contribution in [0.2, 0.25) is 0 Å². The van der Waals surface area contributed by atoms with Crippen LogP contribution in [0.25, 0.3) is 11.1 Å². The largest absolute Gasteiger partial charge is 0.461 e. The molecular formula is C20H19NO3. The Labute approximate surface area is 140 Å². The second kappa shape index (κ2) is 7.15. The van der Waals surface area contributed by atoms with Gasteiger partial charge in [0.2, 0.25) is 0 Å². The van der Waals surface area contributed by atoms with Gasteiger partial charge in [-0.05, 0) is 30.2 Å². The van der Waals surface area contributed by atoms with Gasteiger partial charge in [0.25, 0.3) is 0 Å². The quantitative estimate of drug-likeness (QED) is 0.752. The molecule has 3 aromatic rings. The molecule has 4 heteroatoms. The summed E-state index contributed by atoms with van der Waals surface area (Å²) in [5.41, 5.74) is 3.68. The molecule has 2 aromatic carbocycles. The standard InChI is InChI=1S/C20H19NO3/c1-14-19(23)11-18(13-22)24-20(14)12-21-17-9-7-16(8-10-17)15-5-3-2-4-6-15/h2-11,21-22H,12-13H2,1H3. The van der Waals surface area contributed by atoms with Crippen LogP contribution in [0, 0.1) is 6.92 Å². The van der Waals surface area contributed by atoms with E-state index in [9.17, 15) is 4.79 Å². The fourth-order valence-electron chi connectivity index (χ4n) is 2.50. The van der Waals surface area contributed by atoms with Crippen LogP contribution in [0.4, 0.5) is 5.69 Å². The van der Waals surface area contributed by atoms with Gasteiger partial charge in [-0.3, -0.25) is 4.79 Å². The lowest BCUT2D eigenvalue weighted by Gasteiger charge is -2.10. The number of rotatable bonds is 5. The Hall–Kier alpha value is -2.85. The Morgan fingerprint density at radius 3 is 2.33 bits per heavy atom.